The van der Waals surface area contributed by atoms with Crippen LogP contribution in [0.3, 0.4) is 0 Å². The molecule has 28 heavy (non-hydrogen) atoms. The highest BCUT2D eigenvalue weighted by Gasteiger charge is 2.14. The molecule has 0 unspecified atom stereocenters. The van der Waals surface area contributed by atoms with Gasteiger partial charge in [0.1, 0.15) is 0 Å². The van der Waals surface area contributed by atoms with Gasteiger partial charge in [-0.15, -0.1) is 11.3 Å². The standard InChI is InChI=1S/C20H14N2O5S/c1-26-16-4-2-3-12-9-14(19(25)27-17(12)16)15-10-28-20(22-15)21-13-7-5-11(6-8-13)18(23)24/h2-10H,1H3,(H,21,22)(H,23,24). The molecule has 2 aromatic carbocycles. The zero-order valence-corrected chi connectivity index (χ0v) is 15.4. The summed E-state index contributed by atoms with van der Waals surface area (Å²) in [6.07, 6.45) is 0. The lowest BCUT2D eigenvalue weighted by Gasteiger charge is -2.05. The normalized spacial score (nSPS) is 10.8. The van der Waals surface area contributed by atoms with E-state index in [1.165, 1.54) is 30.6 Å². The monoisotopic (exact) mass is 394 g/mol. The maximum atomic E-state index is 12.4. The third-order valence-corrected chi connectivity index (χ3v) is 4.86. The van der Waals surface area contributed by atoms with Gasteiger partial charge in [-0.1, -0.05) is 12.1 Å². The Balaban J connectivity index is 1.64. The van der Waals surface area contributed by atoms with Crippen molar-refractivity contribution in [1.82, 2.24) is 4.98 Å². The van der Waals surface area contributed by atoms with Crippen molar-refractivity contribution in [1.29, 1.82) is 0 Å². The van der Waals surface area contributed by atoms with Crippen LogP contribution in [0.2, 0.25) is 0 Å². The first-order valence-corrected chi connectivity index (χ1v) is 9.10. The number of methoxy groups -OCH3 is 1. The second-order valence-electron chi connectivity index (χ2n) is 5.87. The Bertz CT molecular complexity index is 1230. The van der Waals surface area contributed by atoms with Crippen LogP contribution in [0, 0.1) is 0 Å². The van der Waals surface area contributed by atoms with Crippen molar-refractivity contribution in [3.63, 3.8) is 0 Å². The van der Waals surface area contributed by atoms with Crippen molar-refractivity contribution < 1.29 is 19.1 Å². The van der Waals surface area contributed by atoms with E-state index < -0.39 is 11.6 Å². The Kier molecular flexibility index (Phi) is 4.54. The lowest BCUT2D eigenvalue weighted by atomic mass is 10.1. The highest BCUT2D eigenvalue weighted by molar-refractivity contribution is 7.14. The zero-order valence-electron chi connectivity index (χ0n) is 14.6. The minimum Gasteiger partial charge on any atom is -0.493 e. The predicted molar refractivity (Wildman–Crippen MR) is 107 cm³/mol. The fourth-order valence-electron chi connectivity index (χ4n) is 2.73. The minimum absolute atomic E-state index is 0.203. The second-order valence-corrected chi connectivity index (χ2v) is 6.73. The quantitative estimate of drug-likeness (QED) is 0.485. The number of para-hydroxylation sites is 1. The maximum Gasteiger partial charge on any atom is 0.345 e. The average molecular weight is 394 g/mol. The van der Waals surface area contributed by atoms with Crippen molar-refractivity contribution >= 4 is 39.1 Å². The van der Waals surface area contributed by atoms with Crippen molar-refractivity contribution in [3.8, 4) is 17.0 Å². The molecular formula is C20H14N2O5S. The molecule has 7 nitrogen and oxygen atoms in total. The van der Waals surface area contributed by atoms with Gasteiger partial charge in [0.05, 0.1) is 23.9 Å². The number of ether oxygens (including phenoxy) is 1. The predicted octanol–water partition coefficient (Wildman–Crippen LogP) is 4.37. The molecule has 0 saturated carbocycles. The molecule has 0 bridgehead atoms. The molecule has 4 rings (SSSR count). The molecule has 0 amide bonds. The van der Waals surface area contributed by atoms with E-state index in [2.05, 4.69) is 10.3 Å². The van der Waals surface area contributed by atoms with E-state index in [-0.39, 0.29) is 5.56 Å². The summed E-state index contributed by atoms with van der Waals surface area (Å²) in [5.41, 5.74) is 1.64. The highest BCUT2D eigenvalue weighted by atomic mass is 32.1. The van der Waals surface area contributed by atoms with Crippen LogP contribution >= 0.6 is 11.3 Å². The number of rotatable bonds is 5. The summed E-state index contributed by atoms with van der Waals surface area (Å²) in [5, 5.41) is 15.1. The first kappa shape index (κ1) is 17.7. The van der Waals surface area contributed by atoms with Crippen LogP contribution in [0.5, 0.6) is 5.75 Å². The van der Waals surface area contributed by atoms with E-state index in [4.69, 9.17) is 14.3 Å². The van der Waals surface area contributed by atoms with E-state index in [0.717, 1.165) is 5.39 Å². The molecule has 0 aliphatic heterocycles. The number of carboxylic acids is 1. The van der Waals surface area contributed by atoms with E-state index >= 15 is 0 Å². The summed E-state index contributed by atoms with van der Waals surface area (Å²) in [7, 11) is 1.52. The van der Waals surface area contributed by atoms with Crippen molar-refractivity contribution in [2.24, 2.45) is 0 Å². The third-order valence-electron chi connectivity index (χ3n) is 4.11. The van der Waals surface area contributed by atoms with Gasteiger partial charge in [0.15, 0.2) is 16.5 Å². The minimum atomic E-state index is -0.984. The Labute approximate surface area is 162 Å². The van der Waals surface area contributed by atoms with Gasteiger partial charge >= 0.3 is 11.6 Å². The van der Waals surface area contributed by atoms with Crippen LogP contribution in [-0.2, 0) is 0 Å². The van der Waals surface area contributed by atoms with Gasteiger partial charge < -0.3 is 19.6 Å². The first-order chi connectivity index (χ1) is 13.5. The smallest absolute Gasteiger partial charge is 0.345 e. The van der Waals surface area contributed by atoms with Crippen molar-refractivity contribution in [2.75, 3.05) is 12.4 Å². The number of nitrogens with zero attached hydrogens (tertiary/aromatic N) is 1. The number of carbonyl (C=O) groups is 1. The van der Waals surface area contributed by atoms with Crippen LogP contribution in [0.25, 0.3) is 22.2 Å². The summed E-state index contributed by atoms with van der Waals surface area (Å²) < 4.78 is 10.7. The molecule has 0 aliphatic rings. The number of hydrogen-bond acceptors (Lipinski definition) is 7. The topological polar surface area (TPSA) is 102 Å². The van der Waals surface area contributed by atoms with Crippen LogP contribution in [0.15, 0.2) is 63.1 Å². The van der Waals surface area contributed by atoms with Gasteiger partial charge in [0, 0.05) is 16.5 Å². The SMILES string of the molecule is COc1cccc2cc(-c3csc(Nc4ccc(C(=O)O)cc4)n3)c(=O)oc12. The van der Waals surface area contributed by atoms with E-state index in [0.29, 0.717) is 33.4 Å². The molecule has 140 valence electrons. The number of hydrogen-bond donors (Lipinski definition) is 2. The molecule has 2 aromatic heterocycles. The lowest BCUT2D eigenvalue weighted by molar-refractivity contribution is 0.0697. The Morgan fingerprint density at radius 1 is 1.21 bits per heavy atom. The number of aromatic nitrogens is 1. The van der Waals surface area contributed by atoms with Gasteiger partial charge in [0.25, 0.3) is 0 Å². The summed E-state index contributed by atoms with van der Waals surface area (Å²) in [6, 6.07) is 13.4. The number of carboxylic acid groups (broad SMARTS) is 1. The molecule has 0 aliphatic carbocycles. The van der Waals surface area contributed by atoms with Gasteiger partial charge in [-0.25, -0.2) is 14.6 Å². The summed E-state index contributed by atoms with van der Waals surface area (Å²) in [6.45, 7) is 0. The fraction of sp³-hybridized carbons (Fsp3) is 0.0500. The fourth-order valence-corrected chi connectivity index (χ4v) is 3.46. The van der Waals surface area contributed by atoms with Crippen molar-refractivity contribution in [2.45, 2.75) is 0 Å². The second kappa shape index (κ2) is 7.16. The maximum absolute atomic E-state index is 12.4. The van der Waals surface area contributed by atoms with Gasteiger partial charge in [-0.2, -0.15) is 0 Å². The summed E-state index contributed by atoms with van der Waals surface area (Å²) in [4.78, 5) is 27.8. The Hall–Kier alpha value is -3.65. The molecule has 0 spiro atoms. The van der Waals surface area contributed by atoms with E-state index in [9.17, 15) is 9.59 Å². The van der Waals surface area contributed by atoms with Gasteiger partial charge in [-0.05, 0) is 36.4 Å². The molecule has 0 atom stereocenters. The van der Waals surface area contributed by atoms with Gasteiger partial charge in [0.2, 0.25) is 0 Å². The Morgan fingerprint density at radius 2 is 2.00 bits per heavy atom. The molecule has 2 N–H and O–H groups in total. The molecule has 4 aromatic rings. The Morgan fingerprint density at radius 3 is 2.71 bits per heavy atom. The van der Waals surface area contributed by atoms with Crippen molar-refractivity contribution in [3.05, 3.63) is 69.9 Å². The van der Waals surface area contributed by atoms with Crippen LogP contribution in [-0.4, -0.2) is 23.2 Å². The molecule has 8 heteroatoms. The third kappa shape index (κ3) is 3.33. The number of thiazole rings is 1. The molecule has 0 saturated heterocycles. The number of anilines is 2. The lowest BCUT2D eigenvalue weighted by Crippen LogP contribution is -2.03. The summed E-state index contributed by atoms with van der Waals surface area (Å²) in [5.74, 6) is -0.491. The number of aromatic carboxylic acids is 1. The van der Waals surface area contributed by atoms with E-state index in [1.54, 1.807) is 29.6 Å². The molecule has 2 heterocycles. The molecular weight excluding hydrogens is 380 g/mol. The zero-order chi connectivity index (χ0) is 19.7. The molecule has 0 radical (unpaired) electrons. The number of nitrogens with one attached hydrogen (secondary N) is 1. The van der Waals surface area contributed by atoms with Crippen LogP contribution in [0.1, 0.15) is 10.4 Å². The first-order valence-electron chi connectivity index (χ1n) is 8.22. The number of benzene rings is 2. The van der Waals surface area contributed by atoms with Crippen LogP contribution in [0.4, 0.5) is 10.8 Å². The highest BCUT2D eigenvalue weighted by Crippen LogP contribution is 2.30. The molecule has 0 fully saturated rings. The average Bonchev–Trinajstić information content (AvgIpc) is 3.15. The van der Waals surface area contributed by atoms with Crippen LogP contribution < -0.4 is 15.7 Å². The van der Waals surface area contributed by atoms with E-state index in [1.807, 2.05) is 12.1 Å². The largest absolute Gasteiger partial charge is 0.493 e. The summed E-state index contributed by atoms with van der Waals surface area (Å²) >= 11 is 1.33. The number of fused-ring (bicyclic) bond motifs is 1. The van der Waals surface area contributed by atoms with Gasteiger partial charge in [-0.3, -0.25) is 0 Å².